The Hall–Kier alpha value is -1.51. The molecule has 20 heavy (non-hydrogen) atoms. The van der Waals surface area contributed by atoms with E-state index in [1.165, 1.54) is 0 Å². The average molecular weight is 396 g/mol. The molecule has 0 fully saturated rings. The van der Waals surface area contributed by atoms with Crippen molar-refractivity contribution in [1.82, 2.24) is 0 Å². The minimum absolute atomic E-state index is 0.429. The maximum atomic E-state index is 8.85. The molecule has 0 aromatic heterocycles. The number of nitriles is 1. The molecule has 0 amide bonds. The summed E-state index contributed by atoms with van der Waals surface area (Å²) in [5.41, 5.74) is 9.13. The molecule has 0 aliphatic rings. The fourth-order valence-electron chi connectivity index (χ4n) is 1.79. The number of nitrogens with two attached hydrogens (primary N) is 1. The predicted molar refractivity (Wildman–Crippen MR) is 86.5 cm³/mol. The SMILES string of the molecule is Cc1cc(C#N)ccc1COc1c(Br)cc(N)cc1Br. The Balaban J connectivity index is 2.20. The largest absolute Gasteiger partial charge is 0.487 e. The van der Waals surface area contributed by atoms with E-state index in [1.807, 2.05) is 19.1 Å². The van der Waals surface area contributed by atoms with Crippen molar-refractivity contribution in [2.75, 3.05) is 5.73 Å². The second-order valence-corrected chi connectivity index (χ2v) is 6.06. The minimum atomic E-state index is 0.429. The molecule has 0 radical (unpaired) electrons. The molecule has 2 aromatic rings. The Bertz CT molecular complexity index is 670. The smallest absolute Gasteiger partial charge is 0.148 e. The van der Waals surface area contributed by atoms with Crippen LogP contribution in [0.25, 0.3) is 0 Å². The molecule has 0 heterocycles. The van der Waals surface area contributed by atoms with Crippen LogP contribution in [-0.2, 0) is 6.61 Å². The molecule has 0 aliphatic heterocycles. The first kappa shape index (κ1) is 14.9. The number of nitrogen functional groups attached to an aromatic ring is 1. The zero-order valence-electron chi connectivity index (χ0n) is 10.8. The van der Waals surface area contributed by atoms with E-state index in [1.54, 1.807) is 18.2 Å². The normalized spacial score (nSPS) is 10.1. The summed E-state index contributed by atoms with van der Waals surface area (Å²) in [6.07, 6.45) is 0. The highest BCUT2D eigenvalue weighted by molar-refractivity contribution is 9.11. The van der Waals surface area contributed by atoms with Gasteiger partial charge >= 0.3 is 0 Å². The van der Waals surface area contributed by atoms with Gasteiger partial charge in [0, 0.05) is 5.69 Å². The first-order valence-electron chi connectivity index (χ1n) is 5.88. The van der Waals surface area contributed by atoms with Gasteiger partial charge in [0.15, 0.2) is 0 Å². The quantitative estimate of drug-likeness (QED) is 0.775. The van der Waals surface area contributed by atoms with Crippen molar-refractivity contribution < 1.29 is 4.74 Å². The van der Waals surface area contributed by atoms with Crippen LogP contribution < -0.4 is 10.5 Å². The lowest BCUT2D eigenvalue weighted by atomic mass is 10.1. The molecule has 2 N–H and O–H groups in total. The van der Waals surface area contributed by atoms with Gasteiger partial charge in [-0.3, -0.25) is 0 Å². The van der Waals surface area contributed by atoms with Gasteiger partial charge in [-0.2, -0.15) is 5.26 Å². The van der Waals surface area contributed by atoms with Gasteiger partial charge in [-0.15, -0.1) is 0 Å². The van der Waals surface area contributed by atoms with E-state index in [4.69, 9.17) is 15.7 Å². The Labute approximate surface area is 134 Å². The number of rotatable bonds is 3. The Kier molecular flexibility index (Phi) is 4.69. The zero-order chi connectivity index (χ0) is 14.7. The summed E-state index contributed by atoms with van der Waals surface area (Å²) in [4.78, 5) is 0. The zero-order valence-corrected chi connectivity index (χ0v) is 14.0. The monoisotopic (exact) mass is 394 g/mol. The van der Waals surface area contributed by atoms with E-state index >= 15 is 0 Å². The van der Waals surface area contributed by atoms with Gasteiger partial charge in [0.1, 0.15) is 12.4 Å². The van der Waals surface area contributed by atoms with Gasteiger partial charge < -0.3 is 10.5 Å². The van der Waals surface area contributed by atoms with Crippen LogP contribution in [0.2, 0.25) is 0 Å². The lowest BCUT2D eigenvalue weighted by Crippen LogP contribution is -2.00. The number of hydrogen-bond donors (Lipinski definition) is 1. The summed E-state index contributed by atoms with van der Waals surface area (Å²) in [5, 5.41) is 8.85. The molecule has 5 heteroatoms. The Morgan fingerprint density at radius 1 is 1.20 bits per heavy atom. The van der Waals surface area contributed by atoms with Crippen LogP contribution in [0.1, 0.15) is 16.7 Å². The molecule has 0 aliphatic carbocycles. The highest BCUT2D eigenvalue weighted by Crippen LogP contribution is 2.36. The lowest BCUT2D eigenvalue weighted by Gasteiger charge is -2.12. The molecule has 3 nitrogen and oxygen atoms in total. The molecule has 0 saturated carbocycles. The molecule has 2 aromatic carbocycles. The molecule has 2 rings (SSSR count). The maximum absolute atomic E-state index is 8.85. The van der Waals surface area contributed by atoms with Crippen LogP contribution in [0, 0.1) is 18.3 Å². The fourth-order valence-corrected chi connectivity index (χ4v) is 3.25. The third kappa shape index (κ3) is 3.33. The van der Waals surface area contributed by atoms with Gasteiger partial charge in [-0.05, 0) is 74.2 Å². The molecule has 0 unspecified atom stereocenters. The topological polar surface area (TPSA) is 59.0 Å². The van der Waals surface area contributed by atoms with Crippen molar-refractivity contribution in [1.29, 1.82) is 5.26 Å². The second kappa shape index (κ2) is 6.29. The van der Waals surface area contributed by atoms with E-state index in [9.17, 15) is 0 Å². The summed E-state index contributed by atoms with van der Waals surface area (Å²) in [6.45, 7) is 2.39. The predicted octanol–water partition coefficient (Wildman–Crippen LogP) is 4.55. The minimum Gasteiger partial charge on any atom is -0.487 e. The average Bonchev–Trinajstić information content (AvgIpc) is 2.39. The summed E-state index contributed by atoms with van der Waals surface area (Å²) >= 11 is 6.87. The second-order valence-electron chi connectivity index (χ2n) is 4.36. The van der Waals surface area contributed by atoms with Gasteiger partial charge in [0.05, 0.1) is 20.6 Å². The number of ether oxygens (including phenoxy) is 1. The van der Waals surface area contributed by atoms with Crippen molar-refractivity contribution >= 4 is 37.5 Å². The van der Waals surface area contributed by atoms with Crippen LogP contribution in [0.4, 0.5) is 5.69 Å². The van der Waals surface area contributed by atoms with E-state index in [0.717, 1.165) is 20.1 Å². The highest BCUT2D eigenvalue weighted by Gasteiger charge is 2.09. The van der Waals surface area contributed by atoms with E-state index < -0.39 is 0 Å². The van der Waals surface area contributed by atoms with Crippen molar-refractivity contribution in [2.24, 2.45) is 0 Å². The molecule has 0 saturated heterocycles. The van der Waals surface area contributed by atoms with Crippen LogP contribution in [0.15, 0.2) is 39.3 Å². The first-order chi connectivity index (χ1) is 9.51. The molecule has 0 atom stereocenters. The number of hydrogen-bond acceptors (Lipinski definition) is 3. The number of anilines is 1. The van der Waals surface area contributed by atoms with E-state index in [0.29, 0.717) is 23.6 Å². The van der Waals surface area contributed by atoms with Crippen molar-refractivity contribution in [3.05, 3.63) is 56.0 Å². The molecular formula is C15H12Br2N2O. The highest BCUT2D eigenvalue weighted by atomic mass is 79.9. The van der Waals surface area contributed by atoms with Crippen LogP contribution >= 0.6 is 31.9 Å². The van der Waals surface area contributed by atoms with E-state index in [2.05, 4.69) is 37.9 Å². The molecule has 102 valence electrons. The maximum Gasteiger partial charge on any atom is 0.148 e. The van der Waals surface area contributed by atoms with Crippen LogP contribution in [0.5, 0.6) is 5.75 Å². The summed E-state index contributed by atoms with van der Waals surface area (Å²) in [7, 11) is 0. The van der Waals surface area contributed by atoms with Gasteiger partial charge in [-0.1, -0.05) is 6.07 Å². The van der Waals surface area contributed by atoms with Crippen molar-refractivity contribution in [3.8, 4) is 11.8 Å². The Morgan fingerprint density at radius 3 is 2.40 bits per heavy atom. The van der Waals surface area contributed by atoms with Crippen LogP contribution in [0.3, 0.4) is 0 Å². The number of aryl methyl sites for hydroxylation is 1. The number of halogens is 2. The number of nitrogens with zero attached hydrogens (tertiary/aromatic N) is 1. The molecule has 0 spiro atoms. The lowest BCUT2D eigenvalue weighted by molar-refractivity contribution is 0.301. The molecule has 0 bridgehead atoms. The summed E-state index contributed by atoms with van der Waals surface area (Å²) < 4.78 is 7.43. The molecular weight excluding hydrogens is 384 g/mol. The fraction of sp³-hybridized carbons (Fsp3) is 0.133. The summed E-state index contributed by atoms with van der Waals surface area (Å²) in [6, 6.07) is 11.3. The Morgan fingerprint density at radius 2 is 1.85 bits per heavy atom. The standard InChI is InChI=1S/C15H12Br2N2O/c1-9-4-10(7-18)2-3-11(9)8-20-15-13(16)5-12(19)6-14(15)17/h2-6H,8,19H2,1H3. The van der Waals surface area contributed by atoms with Gasteiger partial charge in [0.2, 0.25) is 0 Å². The van der Waals surface area contributed by atoms with Crippen molar-refractivity contribution in [2.45, 2.75) is 13.5 Å². The first-order valence-corrected chi connectivity index (χ1v) is 7.47. The van der Waals surface area contributed by atoms with Gasteiger partial charge in [-0.25, -0.2) is 0 Å². The van der Waals surface area contributed by atoms with Crippen molar-refractivity contribution in [3.63, 3.8) is 0 Å². The summed E-state index contributed by atoms with van der Waals surface area (Å²) in [5.74, 6) is 0.711. The van der Waals surface area contributed by atoms with Crippen LogP contribution in [-0.4, -0.2) is 0 Å². The third-order valence-corrected chi connectivity index (χ3v) is 4.04. The van der Waals surface area contributed by atoms with Gasteiger partial charge in [0.25, 0.3) is 0 Å². The van der Waals surface area contributed by atoms with E-state index in [-0.39, 0.29) is 0 Å². The number of benzene rings is 2. The third-order valence-electron chi connectivity index (χ3n) is 2.86.